The third-order valence-electron chi connectivity index (χ3n) is 4.21. The first-order valence-corrected chi connectivity index (χ1v) is 9.00. The Morgan fingerprint density at radius 1 is 1.07 bits per heavy atom. The maximum absolute atomic E-state index is 13.3. The van der Waals surface area contributed by atoms with Gasteiger partial charge in [0.25, 0.3) is 0 Å². The van der Waals surface area contributed by atoms with E-state index in [1.807, 2.05) is 32.9 Å². The van der Waals surface area contributed by atoms with Crippen LogP contribution < -0.4 is 10.6 Å². The van der Waals surface area contributed by atoms with Crippen LogP contribution in [-0.2, 0) is 16.1 Å². The van der Waals surface area contributed by atoms with Crippen LogP contribution in [0, 0.1) is 26.6 Å². The predicted molar refractivity (Wildman–Crippen MR) is 106 cm³/mol. The van der Waals surface area contributed by atoms with Crippen LogP contribution >= 0.6 is 0 Å². The van der Waals surface area contributed by atoms with Gasteiger partial charge in [0.2, 0.25) is 17.6 Å². The summed E-state index contributed by atoms with van der Waals surface area (Å²) in [5.41, 5.74) is 4.23. The number of rotatable bonds is 6. The summed E-state index contributed by atoms with van der Waals surface area (Å²) in [6, 6.07) is 9.73. The molecule has 2 amide bonds. The summed E-state index contributed by atoms with van der Waals surface area (Å²) in [4.78, 5) is 25.3. The summed E-state index contributed by atoms with van der Waals surface area (Å²) in [5.74, 6) is -0.983. The predicted octanol–water partition coefficient (Wildman–Crippen LogP) is 2.16. The van der Waals surface area contributed by atoms with Crippen molar-refractivity contribution in [2.45, 2.75) is 27.3 Å². The maximum atomic E-state index is 13.3. The van der Waals surface area contributed by atoms with Crippen molar-refractivity contribution in [3.05, 3.63) is 58.9 Å². The number of nitrogens with zero attached hydrogens (tertiary/aromatic N) is 4. The van der Waals surface area contributed by atoms with Gasteiger partial charge in [-0.1, -0.05) is 29.8 Å². The molecule has 2 N–H and O–H groups in total. The molecule has 0 bridgehead atoms. The molecule has 8 nitrogen and oxygen atoms in total. The zero-order chi connectivity index (χ0) is 21.0. The van der Waals surface area contributed by atoms with Gasteiger partial charge in [-0.2, -0.15) is 4.80 Å². The molecule has 9 heteroatoms. The van der Waals surface area contributed by atoms with Crippen molar-refractivity contribution in [1.29, 1.82) is 0 Å². The number of benzene rings is 2. The Morgan fingerprint density at radius 3 is 2.48 bits per heavy atom. The highest BCUT2D eigenvalue weighted by molar-refractivity contribution is 5.95. The molecular weight excluding hydrogens is 375 g/mol. The quantitative estimate of drug-likeness (QED) is 0.665. The standard InChI is InChI=1S/C20H21FN6O2/c1-12-7-13(2)19(14(3)8-12)23-17(28)10-22-18(29)11-27-25-20(24-26-27)15-5-4-6-16(21)9-15/h4-9H,10-11H2,1-3H3,(H,22,29)(H,23,28). The number of tetrazole rings is 1. The average Bonchev–Trinajstić information content (AvgIpc) is 3.11. The summed E-state index contributed by atoms with van der Waals surface area (Å²) in [6.45, 7) is 5.43. The molecule has 29 heavy (non-hydrogen) atoms. The molecule has 150 valence electrons. The lowest BCUT2D eigenvalue weighted by Gasteiger charge is -2.13. The largest absolute Gasteiger partial charge is 0.345 e. The van der Waals surface area contributed by atoms with Crippen LogP contribution in [0.2, 0.25) is 0 Å². The van der Waals surface area contributed by atoms with E-state index < -0.39 is 11.7 Å². The lowest BCUT2D eigenvalue weighted by atomic mass is 10.1. The van der Waals surface area contributed by atoms with Crippen molar-refractivity contribution in [3.8, 4) is 11.4 Å². The van der Waals surface area contributed by atoms with E-state index in [0.29, 0.717) is 5.56 Å². The molecule has 0 aliphatic heterocycles. The normalized spacial score (nSPS) is 10.6. The monoisotopic (exact) mass is 396 g/mol. The molecule has 0 aliphatic rings. The highest BCUT2D eigenvalue weighted by atomic mass is 19.1. The lowest BCUT2D eigenvalue weighted by Crippen LogP contribution is -2.35. The molecular formula is C20H21FN6O2. The molecule has 3 rings (SSSR count). The molecule has 0 aliphatic carbocycles. The fourth-order valence-electron chi connectivity index (χ4n) is 2.98. The third-order valence-corrected chi connectivity index (χ3v) is 4.21. The molecule has 0 saturated carbocycles. The second kappa shape index (κ2) is 8.59. The minimum Gasteiger partial charge on any atom is -0.345 e. The van der Waals surface area contributed by atoms with Crippen molar-refractivity contribution in [3.63, 3.8) is 0 Å². The minimum atomic E-state index is -0.444. The number of nitrogens with one attached hydrogen (secondary N) is 2. The van der Waals surface area contributed by atoms with E-state index in [4.69, 9.17) is 0 Å². The van der Waals surface area contributed by atoms with Crippen molar-refractivity contribution >= 4 is 17.5 Å². The number of halogens is 1. The number of aromatic nitrogens is 4. The Hall–Kier alpha value is -3.62. The van der Waals surface area contributed by atoms with E-state index >= 15 is 0 Å². The van der Waals surface area contributed by atoms with Crippen LogP contribution in [0.3, 0.4) is 0 Å². The third kappa shape index (κ3) is 5.22. The molecule has 3 aromatic rings. The molecule has 0 atom stereocenters. The van der Waals surface area contributed by atoms with E-state index in [-0.39, 0.29) is 24.8 Å². The molecule has 2 aromatic carbocycles. The van der Waals surface area contributed by atoms with Gasteiger partial charge < -0.3 is 10.6 Å². The maximum Gasteiger partial charge on any atom is 0.244 e. The second-order valence-electron chi connectivity index (χ2n) is 6.75. The molecule has 0 fully saturated rings. The van der Waals surface area contributed by atoms with Gasteiger partial charge in [0, 0.05) is 11.3 Å². The first-order chi connectivity index (χ1) is 13.8. The van der Waals surface area contributed by atoms with Crippen LogP contribution in [0.25, 0.3) is 11.4 Å². The average molecular weight is 396 g/mol. The molecule has 1 aromatic heterocycles. The summed E-state index contributed by atoms with van der Waals surface area (Å²) in [6.07, 6.45) is 0. The highest BCUT2D eigenvalue weighted by Gasteiger charge is 2.12. The number of aryl methyl sites for hydroxylation is 3. The van der Waals surface area contributed by atoms with Gasteiger partial charge in [0.05, 0.1) is 6.54 Å². The van der Waals surface area contributed by atoms with E-state index in [1.54, 1.807) is 6.07 Å². The zero-order valence-electron chi connectivity index (χ0n) is 16.4. The second-order valence-corrected chi connectivity index (χ2v) is 6.75. The van der Waals surface area contributed by atoms with Crippen LogP contribution in [0.1, 0.15) is 16.7 Å². The van der Waals surface area contributed by atoms with E-state index in [0.717, 1.165) is 27.2 Å². The molecule has 1 heterocycles. The lowest BCUT2D eigenvalue weighted by molar-refractivity contribution is -0.124. The fourth-order valence-corrected chi connectivity index (χ4v) is 2.98. The van der Waals surface area contributed by atoms with Crippen LogP contribution in [0.15, 0.2) is 36.4 Å². The van der Waals surface area contributed by atoms with Crippen LogP contribution in [0.5, 0.6) is 0 Å². The van der Waals surface area contributed by atoms with Gasteiger partial charge in [-0.15, -0.1) is 10.2 Å². The minimum absolute atomic E-state index is 0.183. The highest BCUT2D eigenvalue weighted by Crippen LogP contribution is 2.21. The Kier molecular flexibility index (Phi) is 5.96. The SMILES string of the molecule is Cc1cc(C)c(NC(=O)CNC(=O)Cn2nnc(-c3cccc(F)c3)n2)c(C)c1. The van der Waals surface area contributed by atoms with Gasteiger partial charge >= 0.3 is 0 Å². The number of carbonyl (C=O) groups is 2. The topological polar surface area (TPSA) is 102 Å². The Morgan fingerprint density at radius 2 is 1.79 bits per heavy atom. The Labute approximate surface area is 167 Å². The number of carbonyl (C=O) groups excluding carboxylic acids is 2. The van der Waals surface area contributed by atoms with Gasteiger partial charge in [0.15, 0.2) is 0 Å². The Bertz CT molecular complexity index is 1040. The number of anilines is 1. The van der Waals surface area contributed by atoms with Crippen LogP contribution in [0.4, 0.5) is 10.1 Å². The van der Waals surface area contributed by atoms with Crippen molar-refractivity contribution in [2.24, 2.45) is 0 Å². The molecule has 0 saturated heterocycles. The van der Waals surface area contributed by atoms with Crippen LogP contribution in [-0.4, -0.2) is 38.6 Å². The van der Waals surface area contributed by atoms with E-state index in [1.165, 1.54) is 18.2 Å². The van der Waals surface area contributed by atoms with Crippen molar-refractivity contribution in [1.82, 2.24) is 25.5 Å². The first kappa shape index (κ1) is 20.1. The van der Waals surface area contributed by atoms with E-state index in [2.05, 4.69) is 26.0 Å². The number of amides is 2. The summed E-state index contributed by atoms with van der Waals surface area (Å²) in [5, 5.41) is 17.0. The van der Waals surface area contributed by atoms with Crippen molar-refractivity contribution < 1.29 is 14.0 Å². The zero-order valence-corrected chi connectivity index (χ0v) is 16.4. The summed E-state index contributed by atoms with van der Waals surface area (Å²) in [7, 11) is 0. The Balaban J connectivity index is 1.53. The molecule has 0 radical (unpaired) electrons. The molecule has 0 unspecified atom stereocenters. The first-order valence-electron chi connectivity index (χ1n) is 9.00. The molecule has 0 spiro atoms. The summed E-state index contributed by atoms with van der Waals surface area (Å²) < 4.78 is 13.3. The van der Waals surface area contributed by atoms with Crippen molar-refractivity contribution in [2.75, 3.05) is 11.9 Å². The van der Waals surface area contributed by atoms with Gasteiger partial charge in [-0.25, -0.2) is 4.39 Å². The fraction of sp³-hybridized carbons (Fsp3) is 0.250. The van der Waals surface area contributed by atoms with Gasteiger partial charge in [-0.05, 0) is 49.2 Å². The summed E-state index contributed by atoms with van der Waals surface area (Å²) >= 11 is 0. The van der Waals surface area contributed by atoms with Gasteiger partial charge in [-0.3, -0.25) is 9.59 Å². The number of hydrogen-bond acceptors (Lipinski definition) is 5. The van der Waals surface area contributed by atoms with Gasteiger partial charge in [0.1, 0.15) is 12.4 Å². The smallest absolute Gasteiger partial charge is 0.244 e. The van der Waals surface area contributed by atoms with E-state index in [9.17, 15) is 14.0 Å². The number of hydrogen-bond donors (Lipinski definition) is 2.